The van der Waals surface area contributed by atoms with Crippen LogP contribution in [0.5, 0.6) is 0 Å². The van der Waals surface area contributed by atoms with E-state index in [9.17, 15) is 14.4 Å². The van der Waals surface area contributed by atoms with Crippen molar-refractivity contribution in [1.29, 1.82) is 0 Å². The van der Waals surface area contributed by atoms with Gasteiger partial charge in [-0.15, -0.1) is 0 Å². The summed E-state index contributed by atoms with van der Waals surface area (Å²) in [7, 11) is 1.75. The number of ether oxygens (including phenoxy) is 2. The number of alkyl carbamates (subject to hydrolysis) is 1. The molecule has 1 fully saturated rings. The van der Waals surface area contributed by atoms with Crippen LogP contribution in [0.25, 0.3) is 10.6 Å². The summed E-state index contributed by atoms with van der Waals surface area (Å²) in [5, 5.41) is 13.3. The van der Waals surface area contributed by atoms with E-state index in [-0.39, 0.29) is 16.8 Å². The summed E-state index contributed by atoms with van der Waals surface area (Å²) in [6, 6.07) is 7.92. The minimum Gasteiger partial charge on any atom is -0.450 e. The zero-order valence-electron chi connectivity index (χ0n) is 24.7. The van der Waals surface area contributed by atoms with Crippen molar-refractivity contribution in [2.45, 2.75) is 52.6 Å². The molecule has 13 heteroatoms. The highest BCUT2D eigenvalue weighted by Crippen LogP contribution is 2.35. The molecule has 1 atom stereocenters. The average molecular weight is 598 g/mol. The third-order valence-electron chi connectivity index (χ3n) is 6.43. The van der Waals surface area contributed by atoms with Crippen LogP contribution in [-0.2, 0) is 16.5 Å². The lowest BCUT2D eigenvalue weighted by Crippen LogP contribution is -2.31. The lowest BCUT2D eigenvalue weighted by molar-refractivity contribution is 0.0636. The zero-order chi connectivity index (χ0) is 30.3. The van der Waals surface area contributed by atoms with Gasteiger partial charge in [0.15, 0.2) is 5.69 Å². The first kappa shape index (κ1) is 30.8. The molecule has 3 aromatic rings. The number of hydrogen-bond donors (Lipinski definition) is 3. The number of nitrogens with one attached hydrogen (secondary N) is 3. The topological polar surface area (TPSA) is 140 Å². The Bertz CT molecular complexity index is 1400. The van der Waals surface area contributed by atoms with Crippen LogP contribution >= 0.6 is 11.3 Å². The van der Waals surface area contributed by atoms with Crippen molar-refractivity contribution >= 4 is 45.8 Å². The van der Waals surface area contributed by atoms with E-state index in [2.05, 4.69) is 37.9 Å². The molecular weight excluding hydrogens is 558 g/mol. The Morgan fingerprint density at radius 2 is 1.98 bits per heavy atom. The molecule has 226 valence electrons. The fraction of sp³-hybridized carbons (Fsp3) is 0.483. The maximum atomic E-state index is 13.2. The molecule has 1 aliphatic rings. The number of unbranched alkanes of at least 4 members (excludes halogenated alkanes) is 1. The van der Waals surface area contributed by atoms with Crippen molar-refractivity contribution in [3.05, 3.63) is 42.4 Å². The minimum absolute atomic E-state index is 0.0771. The standard InChI is InChI=1S/C29H39N7O5S/c1-6-7-13-40-27(38)30-15-19-11-12-36(17-19)22-10-8-9-20(14-22)25-33-23(24(37)32-21-16-31-35(5)18-21)26(42-25)34-28(39)41-29(2,3)4/h8-10,14,16,18-19H,6-7,11-13,15,17H2,1-5H3,(H,30,38)(H,32,37)(H,34,39)/t19-/m0/s1. The summed E-state index contributed by atoms with van der Waals surface area (Å²) in [5.74, 6) is -0.171. The molecule has 1 aliphatic heterocycles. The summed E-state index contributed by atoms with van der Waals surface area (Å²) >= 11 is 1.20. The number of carbonyl (C=O) groups is 3. The van der Waals surface area contributed by atoms with E-state index in [1.54, 1.807) is 38.7 Å². The predicted octanol–water partition coefficient (Wildman–Crippen LogP) is 5.50. The van der Waals surface area contributed by atoms with E-state index in [4.69, 9.17) is 9.47 Å². The molecule has 1 saturated heterocycles. The zero-order valence-corrected chi connectivity index (χ0v) is 25.5. The highest BCUT2D eigenvalue weighted by Gasteiger charge is 2.26. The Kier molecular flexibility index (Phi) is 10.0. The average Bonchev–Trinajstić information content (AvgIpc) is 3.67. The van der Waals surface area contributed by atoms with Crippen molar-refractivity contribution in [1.82, 2.24) is 20.1 Å². The van der Waals surface area contributed by atoms with Gasteiger partial charge in [-0.3, -0.25) is 14.8 Å². The van der Waals surface area contributed by atoms with Gasteiger partial charge in [0.2, 0.25) is 0 Å². The first-order valence-corrected chi connectivity index (χ1v) is 14.9. The Hall–Kier alpha value is -4.13. The Labute approximate surface area is 249 Å². The lowest BCUT2D eigenvalue weighted by atomic mass is 10.1. The third-order valence-corrected chi connectivity index (χ3v) is 7.45. The van der Waals surface area contributed by atoms with Crippen LogP contribution in [0.4, 0.5) is 26.0 Å². The predicted molar refractivity (Wildman–Crippen MR) is 163 cm³/mol. The second kappa shape index (κ2) is 13.7. The quantitative estimate of drug-likeness (QED) is 0.261. The van der Waals surface area contributed by atoms with Gasteiger partial charge in [0.1, 0.15) is 15.6 Å². The summed E-state index contributed by atoms with van der Waals surface area (Å²) < 4.78 is 12.2. The van der Waals surface area contributed by atoms with Crippen molar-refractivity contribution in [2.75, 3.05) is 41.8 Å². The van der Waals surface area contributed by atoms with Gasteiger partial charge < -0.3 is 25.0 Å². The third kappa shape index (κ3) is 8.68. The van der Waals surface area contributed by atoms with E-state index in [0.29, 0.717) is 29.8 Å². The fourth-order valence-corrected chi connectivity index (χ4v) is 5.36. The van der Waals surface area contributed by atoms with Crippen LogP contribution in [0, 0.1) is 5.92 Å². The molecule has 0 unspecified atom stereocenters. The minimum atomic E-state index is -0.706. The first-order valence-electron chi connectivity index (χ1n) is 14.1. The molecule has 0 radical (unpaired) electrons. The molecule has 3 N–H and O–H groups in total. The van der Waals surface area contributed by atoms with E-state index < -0.39 is 17.6 Å². The summed E-state index contributed by atoms with van der Waals surface area (Å²) in [4.78, 5) is 44.6. The molecule has 1 aromatic carbocycles. The molecule has 12 nitrogen and oxygen atoms in total. The normalized spacial score (nSPS) is 14.9. The SMILES string of the molecule is CCCCOC(=O)NC[C@@H]1CCN(c2cccc(-c3nc(C(=O)Nc4cnn(C)c4)c(NC(=O)OC(C)(C)C)s3)c2)C1. The number of anilines is 3. The van der Waals surface area contributed by atoms with Crippen LogP contribution < -0.4 is 20.9 Å². The number of rotatable bonds is 10. The summed E-state index contributed by atoms with van der Waals surface area (Å²) in [6.45, 7) is 9.99. The van der Waals surface area contributed by atoms with E-state index >= 15 is 0 Å². The van der Waals surface area contributed by atoms with E-state index in [0.717, 1.165) is 43.6 Å². The smallest absolute Gasteiger partial charge is 0.412 e. The number of benzene rings is 1. The van der Waals surface area contributed by atoms with Crippen LogP contribution in [0.15, 0.2) is 36.7 Å². The molecule has 42 heavy (non-hydrogen) atoms. The molecule has 3 amide bonds. The van der Waals surface area contributed by atoms with Gasteiger partial charge in [-0.05, 0) is 51.7 Å². The number of aryl methyl sites for hydroxylation is 1. The van der Waals surface area contributed by atoms with Crippen LogP contribution in [0.1, 0.15) is 57.4 Å². The maximum absolute atomic E-state index is 13.2. The number of thiazole rings is 1. The molecule has 0 spiro atoms. The van der Waals surface area contributed by atoms with Gasteiger partial charge in [0.25, 0.3) is 5.91 Å². The van der Waals surface area contributed by atoms with Crippen molar-refractivity contribution < 1.29 is 23.9 Å². The van der Waals surface area contributed by atoms with Crippen LogP contribution in [0.2, 0.25) is 0 Å². The second-order valence-electron chi connectivity index (χ2n) is 11.2. The van der Waals surface area contributed by atoms with E-state index in [1.165, 1.54) is 17.5 Å². The summed E-state index contributed by atoms with van der Waals surface area (Å²) in [6.07, 6.45) is 4.94. The number of carbonyl (C=O) groups excluding carboxylic acids is 3. The molecule has 0 saturated carbocycles. The highest BCUT2D eigenvalue weighted by atomic mass is 32.1. The number of amides is 3. The van der Waals surface area contributed by atoms with Gasteiger partial charge in [-0.25, -0.2) is 14.6 Å². The Balaban J connectivity index is 1.48. The van der Waals surface area contributed by atoms with Crippen LogP contribution in [0.3, 0.4) is 0 Å². The van der Waals surface area contributed by atoms with Crippen molar-refractivity contribution in [3.8, 4) is 10.6 Å². The van der Waals surface area contributed by atoms with Gasteiger partial charge in [-0.2, -0.15) is 5.10 Å². The van der Waals surface area contributed by atoms with Crippen molar-refractivity contribution in [3.63, 3.8) is 0 Å². The highest BCUT2D eigenvalue weighted by molar-refractivity contribution is 7.19. The van der Waals surface area contributed by atoms with Gasteiger partial charge in [-0.1, -0.05) is 36.8 Å². The maximum Gasteiger partial charge on any atom is 0.412 e. The summed E-state index contributed by atoms with van der Waals surface area (Å²) in [5.41, 5.74) is 1.70. The second-order valence-corrected chi connectivity index (χ2v) is 12.2. The number of hydrogen-bond acceptors (Lipinski definition) is 9. The van der Waals surface area contributed by atoms with Crippen LogP contribution in [-0.4, -0.2) is 64.7 Å². The van der Waals surface area contributed by atoms with Gasteiger partial charge >= 0.3 is 12.2 Å². The van der Waals surface area contributed by atoms with E-state index in [1.807, 2.05) is 24.3 Å². The molecule has 3 heterocycles. The Morgan fingerprint density at radius 3 is 2.69 bits per heavy atom. The number of nitrogens with zero attached hydrogens (tertiary/aromatic N) is 4. The molecule has 0 bridgehead atoms. The van der Waals surface area contributed by atoms with Gasteiger partial charge in [0, 0.05) is 44.1 Å². The number of aromatic nitrogens is 3. The lowest BCUT2D eigenvalue weighted by Gasteiger charge is -2.19. The van der Waals surface area contributed by atoms with Gasteiger partial charge in [0.05, 0.1) is 18.5 Å². The molecule has 0 aliphatic carbocycles. The molecule has 4 rings (SSSR count). The Morgan fingerprint density at radius 1 is 1.17 bits per heavy atom. The molecule has 2 aromatic heterocycles. The first-order chi connectivity index (χ1) is 20.0. The monoisotopic (exact) mass is 597 g/mol. The van der Waals surface area contributed by atoms with Crippen molar-refractivity contribution in [2.24, 2.45) is 13.0 Å². The molecular formula is C29H39N7O5S. The largest absolute Gasteiger partial charge is 0.450 e. The fourth-order valence-electron chi connectivity index (χ4n) is 4.41.